The van der Waals surface area contributed by atoms with Gasteiger partial charge in [0.25, 0.3) is 0 Å². The minimum atomic E-state index is -4.24. The van der Waals surface area contributed by atoms with Crippen LogP contribution in [0.15, 0.2) is 187 Å². The molecule has 0 aliphatic carbocycles. The van der Waals surface area contributed by atoms with Gasteiger partial charge in [-0.05, 0) is 45.5 Å². The molecule has 0 atom stereocenters. The maximum Gasteiger partial charge on any atom is 0.562 e. The first-order valence-electron chi connectivity index (χ1n) is 14.5. The second-order valence-corrected chi connectivity index (χ2v) is 20.5. The van der Waals surface area contributed by atoms with Gasteiger partial charge in [0.05, 0.1) is 0 Å². The van der Waals surface area contributed by atoms with Crippen LogP contribution in [0.5, 0.6) is 11.5 Å². The van der Waals surface area contributed by atoms with Crippen molar-refractivity contribution in [3.8, 4) is 11.5 Å². The summed E-state index contributed by atoms with van der Waals surface area (Å²) in [5.41, 5.74) is 0. The normalized spacial score (nSPS) is 11.8. The fourth-order valence-corrected chi connectivity index (χ4v) is 19.8. The van der Waals surface area contributed by atoms with Crippen LogP contribution in [0.25, 0.3) is 0 Å². The monoisotopic (exact) mass is 663 g/mol. The standard InChI is InChI=1S/C37H32NO3P3S/c39-44(40-32-19-7-1-8-20-32,41-33-21-9-2-10-22-33)38-42(34-23-11-3-12-24-34,35-25-13-4-14-26-35)31-43(45,36-27-15-5-16-28-36)37-29-17-6-18-30-37/h1-30H,31H2. The Kier molecular flexibility index (Phi) is 9.64. The average molecular weight is 664 g/mol. The Morgan fingerprint density at radius 1 is 0.444 bits per heavy atom. The van der Waals surface area contributed by atoms with Crippen LogP contribution in [0.3, 0.4) is 0 Å². The highest BCUT2D eigenvalue weighted by Gasteiger charge is 2.40. The molecule has 8 heteroatoms. The molecule has 0 aliphatic heterocycles. The fraction of sp³-hybridized carbons (Fsp3) is 0.0270. The lowest BCUT2D eigenvalue weighted by molar-refractivity contribution is 0.388. The number of hydrogen-bond donors (Lipinski definition) is 0. The first-order valence-corrected chi connectivity index (χ1v) is 20.9. The molecule has 0 fully saturated rings. The van der Waals surface area contributed by atoms with Gasteiger partial charge in [-0.1, -0.05) is 170 Å². The second-order valence-electron chi connectivity index (χ2n) is 10.4. The Bertz CT molecular complexity index is 1850. The third-order valence-corrected chi connectivity index (χ3v) is 20.4. The molecule has 0 aromatic heterocycles. The minimum Gasteiger partial charge on any atom is -0.399 e. The van der Waals surface area contributed by atoms with Crippen molar-refractivity contribution in [1.82, 2.24) is 0 Å². The van der Waals surface area contributed by atoms with E-state index in [2.05, 4.69) is 48.5 Å². The van der Waals surface area contributed by atoms with E-state index in [4.69, 9.17) is 25.4 Å². The van der Waals surface area contributed by atoms with Crippen LogP contribution in [0.4, 0.5) is 0 Å². The van der Waals surface area contributed by atoms with Gasteiger partial charge in [0.1, 0.15) is 11.5 Å². The van der Waals surface area contributed by atoms with Gasteiger partial charge in [0.2, 0.25) is 0 Å². The van der Waals surface area contributed by atoms with Gasteiger partial charge in [0.15, 0.2) is 0 Å². The van der Waals surface area contributed by atoms with Gasteiger partial charge in [-0.2, -0.15) is 4.52 Å². The van der Waals surface area contributed by atoms with E-state index in [1.807, 2.05) is 109 Å². The second kappa shape index (κ2) is 14.0. The van der Waals surface area contributed by atoms with Crippen molar-refractivity contribution < 1.29 is 13.6 Å². The number of nitrogens with zero attached hydrogens (tertiary/aromatic N) is 1. The molecule has 0 unspecified atom stereocenters. The number of rotatable bonds is 11. The van der Waals surface area contributed by atoms with Gasteiger partial charge in [-0.15, -0.1) is 0 Å². The van der Waals surface area contributed by atoms with E-state index in [9.17, 15) is 0 Å². The lowest BCUT2D eigenvalue weighted by Crippen LogP contribution is -2.25. The molecule has 0 bridgehead atoms. The van der Waals surface area contributed by atoms with Crippen molar-refractivity contribution >= 4 is 53.9 Å². The molecule has 0 saturated carbocycles. The van der Waals surface area contributed by atoms with E-state index in [-0.39, 0.29) is 0 Å². The summed E-state index contributed by atoms with van der Waals surface area (Å²) in [5.74, 6) is 1.29. The van der Waals surface area contributed by atoms with E-state index in [1.165, 1.54) is 0 Å². The predicted molar refractivity (Wildman–Crippen MR) is 195 cm³/mol. The highest BCUT2D eigenvalue weighted by Crippen LogP contribution is 2.67. The van der Waals surface area contributed by atoms with Gasteiger partial charge in [-0.3, -0.25) is 0 Å². The van der Waals surface area contributed by atoms with E-state index in [0.29, 0.717) is 17.4 Å². The summed E-state index contributed by atoms with van der Waals surface area (Å²) in [4.78, 5) is 0. The molecular formula is C37H32NO3P3S. The lowest BCUT2D eigenvalue weighted by atomic mass is 10.3. The summed E-state index contributed by atoms with van der Waals surface area (Å²) in [7, 11) is -7.23. The Balaban J connectivity index is 1.68. The minimum absolute atomic E-state index is 0.408. The molecule has 0 aliphatic rings. The molecule has 0 amide bonds. The molecule has 224 valence electrons. The van der Waals surface area contributed by atoms with Crippen LogP contribution in [0, 0.1) is 0 Å². The summed E-state index contributed by atoms with van der Waals surface area (Å²) >= 11 is 6.84. The summed E-state index contributed by atoms with van der Waals surface area (Å²) in [6.07, 6.45) is 0. The van der Waals surface area contributed by atoms with Crippen molar-refractivity contribution in [2.75, 3.05) is 5.90 Å². The molecular weight excluding hydrogens is 631 g/mol. The highest BCUT2D eigenvalue weighted by molar-refractivity contribution is 8.25. The molecule has 0 spiro atoms. The first kappa shape index (κ1) is 31.0. The molecule has 6 aromatic rings. The summed E-state index contributed by atoms with van der Waals surface area (Å²) in [5, 5.41) is 4.04. The smallest absolute Gasteiger partial charge is 0.399 e. The Morgan fingerprint density at radius 3 is 1.07 bits per heavy atom. The van der Waals surface area contributed by atoms with Gasteiger partial charge < -0.3 is 9.05 Å². The van der Waals surface area contributed by atoms with Crippen LogP contribution >= 0.6 is 20.8 Å². The van der Waals surface area contributed by atoms with Crippen LogP contribution in [-0.2, 0) is 16.4 Å². The molecule has 4 nitrogen and oxygen atoms in total. The van der Waals surface area contributed by atoms with Crippen molar-refractivity contribution in [3.63, 3.8) is 0 Å². The zero-order chi connectivity index (χ0) is 31.0. The number of para-hydroxylation sites is 2. The topological polar surface area (TPSA) is 47.9 Å². The molecule has 0 saturated heterocycles. The van der Waals surface area contributed by atoms with Crippen molar-refractivity contribution in [2.45, 2.75) is 0 Å². The third kappa shape index (κ3) is 7.14. The van der Waals surface area contributed by atoms with Gasteiger partial charge >= 0.3 is 7.75 Å². The van der Waals surface area contributed by atoms with Crippen molar-refractivity contribution in [1.29, 1.82) is 0 Å². The zero-order valence-electron chi connectivity index (χ0n) is 24.4. The average Bonchev–Trinajstić information content (AvgIpc) is 3.10. The van der Waals surface area contributed by atoms with Crippen LogP contribution in [0.1, 0.15) is 0 Å². The van der Waals surface area contributed by atoms with Crippen LogP contribution in [0.2, 0.25) is 0 Å². The predicted octanol–water partition coefficient (Wildman–Crippen LogP) is 9.19. The summed E-state index contributed by atoms with van der Waals surface area (Å²) in [6.45, 7) is 0. The molecule has 6 aromatic carbocycles. The maximum atomic E-state index is 15.3. The zero-order valence-corrected chi connectivity index (χ0v) is 27.9. The Hall–Kier alpha value is -3.97. The molecule has 0 radical (unpaired) electrons. The Labute approximate surface area is 270 Å². The largest absolute Gasteiger partial charge is 0.562 e. The highest BCUT2D eigenvalue weighted by atomic mass is 32.4. The van der Waals surface area contributed by atoms with Crippen molar-refractivity contribution in [3.05, 3.63) is 182 Å². The number of benzene rings is 6. The van der Waals surface area contributed by atoms with Crippen LogP contribution < -0.4 is 30.3 Å². The van der Waals surface area contributed by atoms with Gasteiger partial charge in [-0.25, -0.2) is 4.57 Å². The van der Waals surface area contributed by atoms with E-state index in [1.54, 1.807) is 24.3 Å². The van der Waals surface area contributed by atoms with E-state index < -0.39 is 20.8 Å². The molecule has 0 N–H and O–H groups in total. The van der Waals surface area contributed by atoms with Crippen molar-refractivity contribution in [2.24, 2.45) is 4.52 Å². The summed E-state index contributed by atoms with van der Waals surface area (Å²) in [6, 6.07) is 56.4. The summed E-state index contributed by atoms with van der Waals surface area (Å²) < 4.78 is 33.3. The number of hydrogen-bond acceptors (Lipinski definition) is 4. The third-order valence-electron chi connectivity index (χ3n) is 7.31. The SMILES string of the molecule is O=P(N=P(CP(=S)(c1ccccc1)c1ccccc1)(c1ccccc1)c1ccccc1)(Oc1ccccc1)Oc1ccccc1. The lowest BCUT2D eigenvalue weighted by Gasteiger charge is -2.34. The first-order chi connectivity index (χ1) is 22.0. The van der Waals surface area contributed by atoms with Crippen LogP contribution in [-0.4, -0.2) is 5.90 Å². The Morgan fingerprint density at radius 2 is 0.733 bits per heavy atom. The molecule has 6 rings (SSSR count). The molecule has 0 heterocycles. The van der Waals surface area contributed by atoms with E-state index in [0.717, 1.165) is 21.2 Å². The molecule has 45 heavy (non-hydrogen) atoms. The quantitative estimate of drug-likeness (QED) is 0.130. The fourth-order valence-electron chi connectivity index (χ4n) is 5.20. The maximum absolute atomic E-state index is 15.3. The van der Waals surface area contributed by atoms with E-state index >= 15 is 4.57 Å². The van der Waals surface area contributed by atoms with Gasteiger partial charge in [0, 0.05) is 19.0 Å².